The first-order valence-corrected chi connectivity index (χ1v) is 9.63. The fraction of sp³-hybridized carbons (Fsp3) is 0.714. The van der Waals surface area contributed by atoms with Gasteiger partial charge in [-0.05, 0) is 24.0 Å². The molecule has 1 atom stereocenters. The van der Waals surface area contributed by atoms with Gasteiger partial charge in [-0.2, -0.15) is 0 Å². The third kappa shape index (κ3) is 4.55. The Labute approximate surface area is 126 Å². The summed E-state index contributed by atoms with van der Waals surface area (Å²) in [6.45, 7) is 9.36. The Morgan fingerprint density at radius 1 is 1.40 bits per heavy atom. The Bertz CT molecular complexity index is 558. The second kappa shape index (κ2) is 5.75. The Morgan fingerprint density at radius 3 is 2.65 bits per heavy atom. The first-order chi connectivity index (χ1) is 9.13. The molecule has 0 bridgehead atoms. The van der Waals surface area contributed by atoms with Crippen LogP contribution >= 0.6 is 11.3 Å². The van der Waals surface area contributed by atoms with E-state index in [1.807, 2.05) is 11.3 Å². The Balaban J connectivity index is 1.91. The number of sulfonamides is 1. The van der Waals surface area contributed by atoms with Crippen molar-refractivity contribution in [3.05, 3.63) is 21.9 Å². The number of nitrogens with zero attached hydrogens (tertiary/aromatic N) is 1. The van der Waals surface area contributed by atoms with Crippen molar-refractivity contribution in [1.29, 1.82) is 0 Å². The molecule has 6 heteroatoms. The fourth-order valence-electron chi connectivity index (χ4n) is 2.46. The van der Waals surface area contributed by atoms with E-state index in [1.165, 1.54) is 16.0 Å². The molecule has 0 saturated carbocycles. The van der Waals surface area contributed by atoms with E-state index < -0.39 is 10.0 Å². The maximum absolute atomic E-state index is 11.2. The highest BCUT2D eigenvalue weighted by molar-refractivity contribution is 7.88. The first kappa shape index (κ1) is 15.9. The maximum Gasteiger partial charge on any atom is 0.208 e. The van der Waals surface area contributed by atoms with E-state index in [9.17, 15) is 8.42 Å². The van der Waals surface area contributed by atoms with Gasteiger partial charge in [-0.15, -0.1) is 11.3 Å². The molecular formula is C14H24N2O2S2. The minimum atomic E-state index is -3.09. The minimum Gasteiger partial charge on any atom is -0.297 e. The average molecular weight is 316 g/mol. The second-order valence-electron chi connectivity index (χ2n) is 6.63. The highest BCUT2D eigenvalue weighted by Crippen LogP contribution is 2.30. The number of hydrogen-bond acceptors (Lipinski definition) is 4. The molecule has 4 nitrogen and oxygen atoms in total. The summed E-state index contributed by atoms with van der Waals surface area (Å²) in [6, 6.07) is 4.47. The number of hydrogen-bond donors (Lipinski definition) is 1. The summed E-state index contributed by atoms with van der Waals surface area (Å²) in [4.78, 5) is 5.08. The van der Waals surface area contributed by atoms with Crippen molar-refractivity contribution in [2.24, 2.45) is 0 Å². The molecule has 2 heterocycles. The summed E-state index contributed by atoms with van der Waals surface area (Å²) in [5.74, 6) is 0. The van der Waals surface area contributed by atoms with Gasteiger partial charge in [-0.25, -0.2) is 13.1 Å². The van der Waals surface area contributed by atoms with E-state index in [4.69, 9.17) is 0 Å². The van der Waals surface area contributed by atoms with Crippen molar-refractivity contribution >= 4 is 21.4 Å². The van der Waals surface area contributed by atoms with Gasteiger partial charge in [0, 0.05) is 35.4 Å². The van der Waals surface area contributed by atoms with Crippen LogP contribution in [0.25, 0.3) is 0 Å². The van der Waals surface area contributed by atoms with E-state index in [0.29, 0.717) is 0 Å². The summed E-state index contributed by atoms with van der Waals surface area (Å²) in [5.41, 5.74) is 0.203. The number of nitrogens with one attached hydrogen (secondary N) is 1. The average Bonchev–Trinajstić information content (AvgIpc) is 2.85. The van der Waals surface area contributed by atoms with E-state index in [-0.39, 0.29) is 11.5 Å². The molecule has 1 aliphatic heterocycles. The zero-order valence-electron chi connectivity index (χ0n) is 12.6. The fourth-order valence-corrected chi connectivity index (χ4v) is 4.37. The molecule has 0 spiro atoms. The van der Waals surface area contributed by atoms with Gasteiger partial charge in [0.05, 0.1) is 6.26 Å². The van der Waals surface area contributed by atoms with Crippen LogP contribution in [-0.4, -0.2) is 38.7 Å². The lowest BCUT2D eigenvalue weighted by Gasteiger charge is -2.17. The Hall–Kier alpha value is -0.430. The normalized spacial score (nSPS) is 21.5. The van der Waals surface area contributed by atoms with Gasteiger partial charge < -0.3 is 0 Å². The molecule has 114 valence electrons. The molecule has 2 rings (SSSR count). The van der Waals surface area contributed by atoms with Crippen LogP contribution in [0.2, 0.25) is 0 Å². The van der Waals surface area contributed by atoms with Crippen LogP contribution in [0.4, 0.5) is 0 Å². The van der Waals surface area contributed by atoms with Crippen molar-refractivity contribution in [2.75, 3.05) is 19.3 Å². The largest absolute Gasteiger partial charge is 0.297 e. The van der Waals surface area contributed by atoms with Crippen LogP contribution in [0.15, 0.2) is 12.1 Å². The van der Waals surface area contributed by atoms with Crippen molar-refractivity contribution in [3.63, 3.8) is 0 Å². The molecule has 1 saturated heterocycles. The molecular weight excluding hydrogens is 292 g/mol. The molecule has 1 fully saturated rings. The van der Waals surface area contributed by atoms with Gasteiger partial charge in [0.15, 0.2) is 0 Å². The number of likely N-dealkylation sites (tertiary alicyclic amines) is 1. The molecule has 1 aromatic rings. The van der Waals surface area contributed by atoms with Gasteiger partial charge in [0.2, 0.25) is 10.0 Å². The van der Waals surface area contributed by atoms with Gasteiger partial charge in [-0.1, -0.05) is 20.8 Å². The first-order valence-electron chi connectivity index (χ1n) is 6.92. The van der Waals surface area contributed by atoms with Gasteiger partial charge in [-0.3, -0.25) is 4.90 Å². The lowest BCUT2D eigenvalue weighted by Crippen LogP contribution is -2.36. The summed E-state index contributed by atoms with van der Waals surface area (Å²) in [7, 11) is -3.09. The van der Waals surface area contributed by atoms with Crippen molar-refractivity contribution in [2.45, 2.75) is 45.2 Å². The zero-order chi connectivity index (χ0) is 15.0. The number of thiophene rings is 1. The van der Waals surface area contributed by atoms with E-state index in [2.05, 4.69) is 42.5 Å². The predicted molar refractivity (Wildman–Crippen MR) is 84.7 cm³/mol. The molecule has 1 aromatic heterocycles. The van der Waals surface area contributed by atoms with Crippen LogP contribution in [0.5, 0.6) is 0 Å². The highest BCUT2D eigenvalue weighted by Gasteiger charge is 2.25. The van der Waals surface area contributed by atoms with E-state index in [0.717, 1.165) is 26.1 Å². The standard InChI is InChI=1S/C14H24N2O2S2/c1-14(2,3)13-6-5-12(19-13)10-16-8-7-11(9-16)15-20(4,17)18/h5-6,11,15H,7-10H2,1-4H3/t11-/m0/s1. The van der Waals surface area contributed by atoms with Gasteiger partial charge in [0.1, 0.15) is 0 Å². The summed E-state index contributed by atoms with van der Waals surface area (Å²) in [6.07, 6.45) is 2.12. The Kier molecular flexibility index (Phi) is 4.59. The molecule has 0 amide bonds. The van der Waals surface area contributed by atoms with Gasteiger partial charge >= 0.3 is 0 Å². The molecule has 0 aliphatic carbocycles. The molecule has 0 radical (unpaired) electrons. The SMILES string of the molecule is CC(C)(C)c1ccc(CN2CC[C@H](NS(C)(=O)=O)C2)s1. The van der Waals surface area contributed by atoms with Crippen LogP contribution in [0, 0.1) is 0 Å². The number of rotatable bonds is 4. The third-order valence-corrected chi connectivity index (χ3v) is 5.69. The summed E-state index contributed by atoms with van der Waals surface area (Å²) >= 11 is 1.86. The minimum absolute atomic E-state index is 0.0621. The van der Waals surface area contributed by atoms with Gasteiger partial charge in [0.25, 0.3) is 0 Å². The Morgan fingerprint density at radius 2 is 2.10 bits per heavy atom. The molecule has 1 aliphatic rings. The smallest absolute Gasteiger partial charge is 0.208 e. The lowest BCUT2D eigenvalue weighted by atomic mass is 9.95. The van der Waals surface area contributed by atoms with Crippen molar-refractivity contribution in [3.8, 4) is 0 Å². The lowest BCUT2D eigenvalue weighted by molar-refractivity contribution is 0.327. The van der Waals surface area contributed by atoms with Crippen molar-refractivity contribution in [1.82, 2.24) is 9.62 Å². The van der Waals surface area contributed by atoms with Crippen LogP contribution in [0.1, 0.15) is 36.9 Å². The van der Waals surface area contributed by atoms with E-state index in [1.54, 1.807) is 0 Å². The third-order valence-electron chi connectivity index (χ3n) is 3.43. The second-order valence-corrected chi connectivity index (χ2v) is 9.58. The monoisotopic (exact) mass is 316 g/mol. The van der Waals surface area contributed by atoms with Crippen LogP contribution in [-0.2, 0) is 22.0 Å². The quantitative estimate of drug-likeness (QED) is 0.926. The maximum atomic E-state index is 11.2. The summed E-state index contributed by atoms with van der Waals surface area (Å²) in [5, 5.41) is 0. The molecule has 20 heavy (non-hydrogen) atoms. The highest BCUT2D eigenvalue weighted by atomic mass is 32.2. The summed E-state index contributed by atoms with van der Waals surface area (Å²) < 4.78 is 25.2. The molecule has 0 aromatic carbocycles. The predicted octanol–water partition coefficient (Wildman–Crippen LogP) is 2.17. The topological polar surface area (TPSA) is 49.4 Å². The van der Waals surface area contributed by atoms with Crippen LogP contribution in [0.3, 0.4) is 0 Å². The van der Waals surface area contributed by atoms with Crippen molar-refractivity contribution < 1.29 is 8.42 Å². The molecule has 0 unspecified atom stereocenters. The van der Waals surface area contributed by atoms with E-state index >= 15 is 0 Å². The zero-order valence-corrected chi connectivity index (χ0v) is 14.3. The molecule has 1 N–H and O–H groups in total. The van der Waals surface area contributed by atoms with Crippen LogP contribution < -0.4 is 4.72 Å².